The molecule has 1 heterocycles. The van der Waals surface area contributed by atoms with Crippen LogP contribution in [0.3, 0.4) is 0 Å². The molecule has 0 saturated carbocycles. The third-order valence-corrected chi connectivity index (χ3v) is 3.59. The van der Waals surface area contributed by atoms with E-state index in [1.165, 1.54) is 0 Å². The minimum Gasteiger partial charge on any atom is -0.454 e. The molecule has 2 rings (SSSR count). The van der Waals surface area contributed by atoms with E-state index in [1.54, 1.807) is 12.1 Å². The zero-order chi connectivity index (χ0) is 14.0. The number of amides is 1. The van der Waals surface area contributed by atoms with Crippen LogP contribution < -0.4 is 20.5 Å². The van der Waals surface area contributed by atoms with Gasteiger partial charge in [0.05, 0.1) is 16.8 Å². The predicted molar refractivity (Wildman–Crippen MR) is 73.6 cm³/mol. The van der Waals surface area contributed by atoms with Gasteiger partial charge in [-0.3, -0.25) is 4.79 Å². The number of benzene rings is 1. The molecule has 0 bridgehead atoms. The van der Waals surface area contributed by atoms with Crippen molar-refractivity contribution in [3.05, 3.63) is 17.2 Å². The summed E-state index contributed by atoms with van der Waals surface area (Å²) in [6, 6.07) is 2.70. The zero-order valence-electron chi connectivity index (χ0n) is 10.9. The van der Waals surface area contributed by atoms with Gasteiger partial charge in [-0.1, -0.05) is 31.9 Å². The molecule has 5 nitrogen and oxygen atoms in total. The summed E-state index contributed by atoms with van der Waals surface area (Å²) in [6.07, 6.45) is 0.837. The molecule has 104 valence electrons. The molecule has 1 aliphatic rings. The zero-order valence-corrected chi connectivity index (χ0v) is 11.7. The topological polar surface area (TPSA) is 73.6 Å². The molecule has 19 heavy (non-hydrogen) atoms. The lowest BCUT2D eigenvalue weighted by Crippen LogP contribution is -2.40. The highest BCUT2D eigenvalue weighted by Gasteiger charge is 2.22. The molecule has 1 amide bonds. The molecular formula is C13H17ClN2O3. The first-order valence-electron chi connectivity index (χ1n) is 6.18. The predicted octanol–water partition coefficient (Wildman–Crippen LogP) is 2.38. The van der Waals surface area contributed by atoms with Gasteiger partial charge in [0, 0.05) is 12.1 Å². The summed E-state index contributed by atoms with van der Waals surface area (Å²) in [6.45, 7) is 4.09. The molecule has 0 fully saturated rings. The van der Waals surface area contributed by atoms with Crippen molar-refractivity contribution in [3.8, 4) is 11.5 Å². The maximum atomic E-state index is 12.0. The second-order valence-corrected chi connectivity index (χ2v) is 4.99. The van der Waals surface area contributed by atoms with Gasteiger partial charge >= 0.3 is 0 Å². The molecule has 0 radical (unpaired) electrons. The Labute approximate surface area is 117 Å². The van der Waals surface area contributed by atoms with Crippen LogP contribution in [-0.4, -0.2) is 18.7 Å². The third-order valence-electron chi connectivity index (χ3n) is 3.28. The van der Waals surface area contributed by atoms with Gasteiger partial charge in [-0.15, -0.1) is 0 Å². The summed E-state index contributed by atoms with van der Waals surface area (Å²) >= 11 is 6.08. The summed E-state index contributed by atoms with van der Waals surface area (Å²) < 4.78 is 10.4. The van der Waals surface area contributed by atoms with E-state index in [2.05, 4.69) is 5.32 Å². The van der Waals surface area contributed by atoms with Crippen LogP contribution in [0.4, 0.5) is 5.69 Å². The van der Waals surface area contributed by atoms with Gasteiger partial charge in [-0.25, -0.2) is 0 Å². The highest BCUT2D eigenvalue weighted by atomic mass is 35.5. The molecule has 3 N–H and O–H groups in total. The van der Waals surface area contributed by atoms with Crippen molar-refractivity contribution in [2.75, 3.05) is 12.1 Å². The number of nitrogens with one attached hydrogen (secondary N) is 1. The van der Waals surface area contributed by atoms with Crippen molar-refractivity contribution >= 4 is 23.2 Å². The van der Waals surface area contributed by atoms with Gasteiger partial charge in [0.25, 0.3) is 0 Å². The molecule has 0 spiro atoms. The molecule has 1 aliphatic heterocycles. The Kier molecular flexibility index (Phi) is 4.17. The monoisotopic (exact) mass is 284 g/mol. The number of carbonyl (C=O) groups is 1. The van der Waals surface area contributed by atoms with E-state index in [1.807, 2.05) is 13.8 Å². The fourth-order valence-corrected chi connectivity index (χ4v) is 1.94. The van der Waals surface area contributed by atoms with Crippen molar-refractivity contribution in [3.63, 3.8) is 0 Å². The molecule has 2 atom stereocenters. The molecule has 2 unspecified atom stereocenters. The van der Waals surface area contributed by atoms with Gasteiger partial charge in [-0.2, -0.15) is 0 Å². The SMILES string of the molecule is CCC(C)C(N)C(=O)Nc1cc2c(cc1Cl)OCO2. The van der Waals surface area contributed by atoms with Crippen molar-refractivity contribution in [1.29, 1.82) is 0 Å². The number of nitrogens with two attached hydrogens (primary N) is 1. The Morgan fingerprint density at radius 3 is 2.74 bits per heavy atom. The van der Waals surface area contributed by atoms with E-state index in [4.69, 9.17) is 26.8 Å². The fraction of sp³-hybridized carbons (Fsp3) is 0.462. The molecule has 1 aromatic rings. The molecular weight excluding hydrogens is 268 g/mol. The highest BCUT2D eigenvalue weighted by Crippen LogP contribution is 2.39. The van der Waals surface area contributed by atoms with Crippen molar-refractivity contribution in [2.45, 2.75) is 26.3 Å². The van der Waals surface area contributed by atoms with E-state index >= 15 is 0 Å². The number of carbonyl (C=O) groups excluding carboxylic acids is 1. The second kappa shape index (κ2) is 5.67. The van der Waals surface area contributed by atoms with Crippen molar-refractivity contribution in [2.24, 2.45) is 11.7 Å². The van der Waals surface area contributed by atoms with Gasteiger partial charge in [0.2, 0.25) is 12.7 Å². The van der Waals surface area contributed by atoms with Gasteiger partial charge < -0.3 is 20.5 Å². The molecule has 1 aromatic carbocycles. The highest BCUT2D eigenvalue weighted by molar-refractivity contribution is 6.34. The van der Waals surface area contributed by atoms with Crippen LogP contribution in [0.5, 0.6) is 11.5 Å². The second-order valence-electron chi connectivity index (χ2n) is 4.59. The van der Waals surface area contributed by atoms with E-state index < -0.39 is 6.04 Å². The Morgan fingerprint density at radius 2 is 2.11 bits per heavy atom. The lowest BCUT2D eigenvalue weighted by atomic mass is 9.99. The van der Waals surface area contributed by atoms with Crippen LogP contribution in [0.1, 0.15) is 20.3 Å². The van der Waals surface area contributed by atoms with E-state index in [-0.39, 0.29) is 18.6 Å². The third kappa shape index (κ3) is 2.93. The molecule has 6 heteroatoms. The summed E-state index contributed by atoms with van der Waals surface area (Å²) in [4.78, 5) is 12.0. The largest absolute Gasteiger partial charge is 0.454 e. The lowest BCUT2D eigenvalue weighted by molar-refractivity contribution is -0.118. The number of fused-ring (bicyclic) bond motifs is 1. The Hall–Kier alpha value is -1.46. The number of halogens is 1. The quantitative estimate of drug-likeness (QED) is 0.890. The first kappa shape index (κ1) is 14.0. The molecule has 0 aliphatic carbocycles. The summed E-state index contributed by atoms with van der Waals surface area (Å²) in [5, 5.41) is 3.12. The fourth-order valence-electron chi connectivity index (χ4n) is 1.74. The van der Waals surface area contributed by atoms with E-state index in [0.717, 1.165) is 6.42 Å². The minimum absolute atomic E-state index is 0.104. The summed E-state index contributed by atoms with van der Waals surface area (Å²) in [5.41, 5.74) is 6.35. The number of ether oxygens (including phenoxy) is 2. The summed E-state index contributed by atoms with van der Waals surface area (Å²) in [5.74, 6) is 0.994. The van der Waals surface area contributed by atoms with Crippen LogP contribution in [0, 0.1) is 5.92 Å². The maximum absolute atomic E-state index is 12.0. The van der Waals surface area contributed by atoms with Crippen LogP contribution in [0.2, 0.25) is 5.02 Å². The van der Waals surface area contributed by atoms with Crippen LogP contribution in [0.25, 0.3) is 0 Å². The van der Waals surface area contributed by atoms with Crippen molar-refractivity contribution in [1.82, 2.24) is 0 Å². The Bertz CT molecular complexity index is 493. The molecule has 0 aromatic heterocycles. The minimum atomic E-state index is -0.563. The Morgan fingerprint density at radius 1 is 1.47 bits per heavy atom. The number of anilines is 1. The average molecular weight is 285 g/mol. The first-order chi connectivity index (χ1) is 9.02. The first-order valence-corrected chi connectivity index (χ1v) is 6.56. The van der Waals surface area contributed by atoms with Gasteiger partial charge in [0.15, 0.2) is 11.5 Å². The summed E-state index contributed by atoms with van der Waals surface area (Å²) in [7, 11) is 0. The molecule has 0 saturated heterocycles. The standard InChI is InChI=1S/C13H17ClN2O3/c1-3-7(2)12(15)13(17)16-9-5-11-10(4-8(9)14)18-6-19-11/h4-5,7,12H,3,6,15H2,1-2H3,(H,16,17). The number of hydrogen-bond donors (Lipinski definition) is 2. The van der Waals surface area contributed by atoms with Crippen LogP contribution in [-0.2, 0) is 4.79 Å². The van der Waals surface area contributed by atoms with Gasteiger partial charge in [0.1, 0.15) is 0 Å². The van der Waals surface area contributed by atoms with Crippen molar-refractivity contribution < 1.29 is 14.3 Å². The van der Waals surface area contributed by atoms with Gasteiger partial charge in [-0.05, 0) is 5.92 Å². The van der Waals surface area contributed by atoms with Crippen LogP contribution in [0.15, 0.2) is 12.1 Å². The van der Waals surface area contributed by atoms with Crippen LogP contribution >= 0.6 is 11.6 Å². The van der Waals surface area contributed by atoms with E-state index in [9.17, 15) is 4.79 Å². The maximum Gasteiger partial charge on any atom is 0.241 e. The smallest absolute Gasteiger partial charge is 0.241 e. The Balaban J connectivity index is 2.13. The number of rotatable bonds is 4. The average Bonchev–Trinajstić information content (AvgIpc) is 2.84. The lowest BCUT2D eigenvalue weighted by Gasteiger charge is -2.18. The normalized spacial score (nSPS) is 16.0. The number of hydrogen-bond acceptors (Lipinski definition) is 4. The van der Waals surface area contributed by atoms with E-state index in [0.29, 0.717) is 22.2 Å².